The van der Waals surface area contributed by atoms with E-state index in [2.05, 4.69) is 0 Å². The maximum absolute atomic E-state index is 13.5. The smallest absolute Gasteiger partial charge is 0.377 e. The Bertz CT molecular complexity index is 749. The van der Waals surface area contributed by atoms with E-state index in [0.717, 1.165) is 5.56 Å². The minimum Gasteiger partial charge on any atom is -0.426 e. The van der Waals surface area contributed by atoms with Crippen LogP contribution in [0.4, 0.5) is 0 Å². The van der Waals surface area contributed by atoms with Gasteiger partial charge >= 0.3 is 7.52 Å². The van der Waals surface area contributed by atoms with Gasteiger partial charge in [-0.05, 0) is 43.3 Å². The van der Waals surface area contributed by atoms with E-state index >= 15 is 0 Å². The highest BCUT2D eigenvalue weighted by Crippen LogP contribution is 2.47. The SMILES string of the molecule is Cc1ccc(OP(=O)(c2ccccc2)n2cccc2)cc1. The van der Waals surface area contributed by atoms with Crippen molar-refractivity contribution in [1.82, 2.24) is 4.34 Å². The summed E-state index contributed by atoms with van der Waals surface area (Å²) < 4.78 is 21.0. The van der Waals surface area contributed by atoms with Crippen LogP contribution in [0.25, 0.3) is 0 Å². The monoisotopic (exact) mass is 297 g/mol. The van der Waals surface area contributed by atoms with Gasteiger partial charge in [0.15, 0.2) is 0 Å². The van der Waals surface area contributed by atoms with E-state index in [-0.39, 0.29) is 0 Å². The van der Waals surface area contributed by atoms with Gasteiger partial charge in [0.1, 0.15) is 5.75 Å². The summed E-state index contributed by atoms with van der Waals surface area (Å²) in [5.74, 6) is 0.599. The maximum Gasteiger partial charge on any atom is 0.377 e. The first kappa shape index (κ1) is 13.7. The first-order valence-electron chi connectivity index (χ1n) is 6.74. The number of aryl methyl sites for hydroxylation is 1. The molecule has 21 heavy (non-hydrogen) atoms. The first-order chi connectivity index (χ1) is 10.2. The maximum atomic E-state index is 13.5. The minimum atomic E-state index is -3.20. The van der Waals surface area contributed by atoms with E-state index in [4.69, 9.17) is 4.52 Å². The molecule has 0 aliphatic heterocycles. The van der Waals surface area contributed by atoms with Gasteiger partial charge in [-0.2, -0.15) is 0 Å². The molecule has 106 valence electrons. The van der Waals surface area contributed by atoms with Crippen LogP contribution in [0.15, 0.2) is 79.1 Å². The number of aromatic nitrogens is 1. The Morgan fingerprint density at radius 3 is 2.10 bits per heavy atom. The molecule has 0 aliphatic carbocycles. The van der Waals surface area contributed by atoms with E-state index in [0.29, 0.717) is 11.1 Å². The van der Waals surface area contributed by atoms with Gasteiger partial charge in [-0.25, -0.2) is 4.57 Å². The molecule has 3 nitrogen and oxygen atoms in total. The largest absolute Gasteiger partial charge is 0.426 e. The predicted octanol–water partition coefficient (Wildman–Crippen LogP) is 4.24. The van der Waals surface area contributed by atoms with Crippen molar-refractivity contribution in [2.75, 3.05) is 0 Å². The lowest BCUT2D eigenvalue weighted by molar-refractivity contribution is 0.483. The lowest BCUT2D eigenvalue weighted by Crippen LogP contribution is -2.15. The molecule has 0 fully saturated rings. The normalized spacial score (nSPS) is 13.6. The van der Waals surface area contributed by atoms with Crippen molar-refractivity contribution < 1.29 is 9.09 Å². The molecule has 0 spiro atoms. The van der Waals surface area contributed by atoms with Gasteiger partial charge < -0.3 is 4.52 Å². The van der Waals surface area contributed by atoms with Crippen molar-refractivity contribution in [3.05, 3.63) is 84.7 Å². The fourth-order valence-electron chi connectivity index (χ4n) is 2.09. The topological polar surface area (TPSA) is 31.2 Å². The Balaban J connectivity index is 2.05. The van der Waals surface area contributed by atoms with E-state index < -0.39 is 7.52 Å². The molecular formula is C17H16NO2P. The molecule has 2 aromatic carbocycles. The number of nitrogens with zero attached hydrogens (tertiary/aromatic N) is 1. The molecule has 0 bridgehead atoms. The van der Waals surface area contributed by atoms with Crippen molar-refractivity contribution in [3.8, 4) is 5.75 Å². The fraction of sp³-hybridized carbons (Fsp3) is 0.0588. The zero-order valence-corrected chi connectivity index (χ0v) is 12.6. The molecule has 4 heteroatoms. The van der Waals surface area contributed by atoms with Crippen molar-refractivity contribution in [3.63, 3.8) is 0 Å². The quantitative estimate of drug-likeness (QED) is 0.674. The number of hydrogen-bond donors (Lipinski definition) is 0. The van der Waals surface area contributed by atoms with Crippen LogP contribution in [-0.4, -0.2) is 4.34 Å². The molecule has 0 aliphatic rings. The summed E-state index contributed by atoms with van der Waals surface area (Å²) in [4.78, 5) is 0. The summed E-state index contributed by atoms with van der Waals surface area (Å²) in [6, 6.07) is 20.5. The van der Waals surface area contributed by atoms with Crippen LogP contribution in [0, 0.1) is 6.92 Å². The highest BCUT2D eigenvalue weighted by atomic mass is 31.2. The summed E-state index contributed by atoms with van der Waals surface area (Å²) in [7, 11) is -3.20. The third-order valence-electron chi connectivity index (χ3n) is 3.23. The van der Waals surface area contributed by atoms with Gasteiger partial charge in [0, 0.05) is 12.4 Å². The summed E-state index contributed by atoms with van der Waals surface area (Å²) in [5, 5.41) is 0.668. The Hall–Kier alpha value is -2.25. The predicted molar refractivity (Wildman–Crippen MR) is 85.3 cm³/mol. The second-order valence-corrected chi connectivity index (χ2v) is 7.03. The van der Waals surface area contributed by atoms with Crippen LogP contribution in [0.1, 0.15) is 5.56 Å². The lowest BCUT2D eigenvalue weighted by Gasteiger charge is -2.21. The molecule has 1 atom stereocenters. The van der Waals surface area contributed by atoms with Gasteiger partial charge in [0.05, 0.1) is 5.30 Å². The first-order valence-corrected chi connectivity index (χ1v) is 8.32. The van der Waals surface area contributed by atoms with Gasteiger partial charge in [-0.3, -0.25) is 4.34 Å². The molecular weight excluding hydrogens is 281 g/mol. The zero-order chi connectivity index (χ0) is 14.7. The standard InChI is InChI=1S/C17H16NO2P/c1-15-9-11-16(12-10-15)20-21(19,18-13-5-6-14-18)17-7-3-2-4-8-17/h2-14H,1H3. The zero-order valence-electron chi connectivity index (χ0n) is 11.7. The van der Waals surface area contributed by atoms with Crippen molar-refractivity contribution in [1.29, 1.82) is 0 Å². The summed E-state index contributed by atoms with van der Waals surface area (Å²) >= 11 is 0. The van der Waals surface area contributed by atoms with Crippen LogP contribution in [0.3, 0.4) is 0 Å². The fourth-order valence-corrected chi connectivity index (χ4v) is 4.02. The van der Waals surface area contributed by atoms with E-state index in [1.54, 1.807) is 16.7 Å². The van der Waals surface area contributed by atoms with Crippen LogP contribution in [0.5, 0.6) is 5.75 Å². The van der Waals surface area contributed by atoms with Crippen molar-refractivity contribution in [2.24, 2.45) is 0 Å². The van der Waals surface area contributed by atoms with Gasteiger partial charge in [-0.15, -0.1) is 0 Å². The molecule has 0 radical (unpaired) electrons. The summed E-state index contributed by atoms with van der Waals surface area (Å²) in [6.07, 6.45) is 3.53. The molecule has 0 saturated heterocycles. The Labute approximate surface area is 124 Å². The van der Waals surface area contributed by atoms with E-state index in [1.807, 2.05) is 73.7 Å². The van der Waals surface area contributed by atoms with Gasteiger partial charge in [-0.1, -0.05) is 35.9 Å². The molecule has 1 aromatic heterocycles. The van der Waals surface area contributed by atoms with E-state index in [9.17, 15) is 4.57 Å². The molecule has 0 N–H and O–H groups in total. The van der Waals surface area contributed by atoms with Crippen LogP contribution < -0.4 is 9.83 Å². The Kier molecular flexibility index (Phi) is 3.68. The summed E-state index contributed by atoms with van der Waals surface area (Å²) in [6.45, 7) is 2.01. The molecule has 0 saturated carbocycles. The average Bonchev–Trinajstić information content (AvgIpc) is 3.05. The number of rotatable bonds is 4. The lowest BCUT2D eigenvalue weighted by atomic mass is 10.2. The summed E-state index contributed by atoms with van der Waals surface area (Å²) in [5.41, 5.74) is 1.14. The highest BCUT2D eigenvalue weighted by molar-refractivity contribution is 7.65. The van der Waals surface area contributed by atoms with Crippen LogP contribution >= 0.6 is 7.52 Å². The van der Waals surface area contributed by atoms with Crippen LogP contribution in [0.2, 0.25) is 0 Å². The number of benzene rings is 2. The Morgan fingerprint density at radius 1 is 0.857 bits per heavy atom. The third kappa shape index (κ3) is 2.79. The van der Waals surface area contributed by atoms with Crippen molar-refractivity contribution in [2.45, 2.75) is 6.92 Å². The molecule has 1 heterocycles. The van der Waals surface area contributed by atoms with Crippen LogP contribution in [-0.2, 0) is 4.57 Å². The Morgan fingerprint density at radius 2 is 1.48 bits per heavy atom. The number of hydrogen-bond acceptors (Lipinski definition) is 2. The molecule has 1 unspecified atom stereocenters. The molecule has 3 rings (SSSR count). The average molecular weight is 297 g/mol. The second-order valence-electron chi connectivity index (χ2n) is 4.82. The third-order valence-corrected chi connectivity index (χ3v) is 5.51. The van der Waals surface area contributed by atoms with E-state index in [1.165, 1.54) is 0 Å². The molecule has 3 aromatic rings. The second kappa shape index (κ2) is 5.63. The molecule has 0 amide bonds. The minimum absolute atomic E-state index is 0.599. The highest BCUT2D eigenvalue weighted by Gasteiger charge is 2.29. The van der Waals surface area contributed by atoms with Gasteiger partial charge in [0.2, 0.25) is 0 Å². The van der Waals surface area contributed by atoms with Gasteiger partial charge in [0.25, 0.3) is 0 Å². The van der Waals surface area contributed by atoms with Crippen molar-refractivity contribution >= 4 is 12.8 Å².